The van der Waals surface area contributed by atoms with Crippen LogP contribution in [0.3, 0.4) is 0 Å². The second kappa shape index (κ2) is 7.48. The lowest BCUT2D eigenvalue weighted by Gasteiger charge is -2.05. The maximum Gasteiger partial charge on any atom is 0.331 e. The summed E-state index contributed by atoms with van der Waals surface area (Å²) in [5, 5.41) is 3.96. The molecule has 1 rings (SSSR count). The van der Waals surface area contributed by atoms with Gasteiger partial charge in [-0.2, -0.15) is 0 Å². The number of benzene rings is 1. The van der Waals surface area contributed by atoms with E-state index < -0.39 is 0 Å². The first-order valence-corrected chi connectivity index (χ1v) is 8.89. The molecule has 0 radical (unpaired) electrons. The zero-order valence-electron chi connectivity index (χ0n) is 11.1. The summed E-state index contributed by atoms with van der Waals surface area (Å²) in [7, 11) is 0.205. The maximum absolute atomic E-state index is 10.8. The SMILES string of the molecule is CSc1ccc(C(C[S+](C)C)=NOC(C)=O)cc1. The summed E-state index contributed by atoms with van der Waals surface area (Å²) in [5.41, 5.74) is 1.83. The van der Waals surface area contributed by atoms with Crippen LogP contribution in [0, 0.1) is 0 Å². The normalized spacial score (nSPS) is 11.7. The summed E-state index contributed by atoms with van der Waals surface area (Å²) < 4.78 is 0. The fourth-order valence-corrected chi connectivity index (χ4v) is 2.51. The quantitative estimate of drug-likeness (QED) is 0.274. The Labute approximate surface area is 115 Å². The Morgan fingerprint density at radius 1 is 1.33 bits per heavy atom. The van der Waals surface area contributed by atoms with Crippen LogP contribution in [0.25, 0.3) is 0 Å². The number of carbonyl (C=O) groups excluding carboxylic acids is 1. The Hall–Kier alpha value is -0.940. The molecule has 0 aliphatic heterocycles. The van der Waals surface area contributed by atoms with Crippen molar-refractivity contribution in [1.82, 2.24) is 0 Å². The van der Waals surface area contributed by atoms with E-state index in [-0.39, 0.29) is 16.9 Å². The van der Waals surface area contributed by atoms with E-state index in [1.165, 1.54) is 11.8 Å². The third-order valence-corrected chi connectivity index (χ3v) is 3.73. The van der Waals surface area contributed by atoms with Crippen LogP contribution < -0.4 is 0 Å². The predicted octanol–water partition coefficient (Wildman–Crippen LogP) is 2.55. The number of thioether (sulfide) groups is 1. The molecular formula is C13H18NO2S2+. The van der Waals surface area contributed by atoms with E-state index in [0.717, 1.165) is 17.0 Å². The molecule has 0 heterocycles. The summed E-state index contributed by atoms with van der Waals surface area (Å²) in [4.78, 5) is 16.8. The summed E-state index contributed by atoms with van der Waals surface area (Å²) in [6.45, 7) is 1.36. The maximum atomic E-state index is 10.8. The van der Waals surface area contributed by atoms with Gasteiger partial charge in [0, 0.05) is 17.4 Å². The third kappa shape index (κ3) is 5.14. The van der Waals surface area contributed by atoms with Crippen LogP contribution >= 0.6 is 11.8 Å². The summed E-state index contributed by atoms with van der Waals surface area (Å²) >= 11 is 1.70. The summed E-state index contributed by atoms with van der Waals surface area (Å²) in [6.07, 6.45) is 6.32. The fourth-order valence-electron chi connectivity index (χ4n) is 1.34. The van der Waals surface area contributed by atoms with Crippen LogP contribution in [0.4, 0.5) is 0 Å². The van der Waals surface area contributed by atoms with Crippen LogP contribution in [0.5, 0.6) is 0 Å². The first-order valence-electron chi connectivity index (χ1n) is 5.46. The second-order valence-electron chi connectivity index (χ2n) is 3.98. The van der Waals surface area contributed by atoms with Gasteiger partial charge >= 0.3 is 5.97 Å². The van der Waals surface area contributed by atoms with Gasteiger partial charge in [-0.1, -0.05) is 17.3 Å². The van der Waals surface area contributed by atoms with E-state index in [2.05, 4.69) is 17.7 Å². The molecule has 0 fully saturated rings. The molecule has 0 aromatic heterocycles. The zero-order valence-corrected chi connectivity index (χ0v) is 12.7. The van der Waals surface area contributed by atoms with Crippen LogP contribution in [0.1, 0.15) is 12.5 Å². The van der Waals surface area contributed by atoms with Crippen molar-refractivity contribution in [1.29, 1.82) is 0 Å². The molecule has 0 saturated carbocycles. The smallest absolute Gasteiger partial charge is 0.318 e. The van der Waals surface area contributed by atoms with Gasteiger partial charge in [-0.15, -0.1) is 11.8 Å². The van der Waals surface area contributed by atoms with Crippen molar-refractivity contribution in [2.24, 2.45) is 5.16 Å². The number of oxime groups is 1. The number of nitrogens with zero attached hydrogens (tertiary/aromatic N) is 1. The first kappa shape index (κ1) is 15.1. The van der Waals surface area contributed by atoms with Crippen molar-refractivity contribution >= 4 is 34.3 Å². The van der Waals surface area contributed by atoms with Gasteiger partial charge in [-0.25, -0.2) is 4.79 Å². The van der Waals surface area contributed by atoms with Gasteiger partial charge in [0.2, 0.25) is 0 Å². The van der Waals surface area contributed by atoms with E-state index in [1.54, 1.807) is 11.8 Å². The summed E-state index contributed by atoms with van der Waals surface area (Å²) in [6, 6.07) is 8.13. The molecule has 0 atom stereocenters. The van der Waals surface area contributed by atoms with Crippen molar-refractivity contribution in [2.45, 2.75) is 11.8 Å². The van der Waals surface area contributed by atoms with Gasteiger partial charge < -0.3 is 4.84 Å². The van der Waals surface area contributed by atoms with Crippen LogP contribution in [-0.4, -0.2) is 36.2 Å². The molecule has 18 heavy (non-hydrogen) atoms. The van der Waals surface area contributed by atoms with E-state index in [1.807, 2.05) is 30.5 Å². The zero-order chi connectivity index (χ0) is 13.5. The lowest BCUT2D eigenvalue weighted by molar-refractivity contribution is -0.140. The number of rotatable bonds is 5. The van der Waals surface area contributed by atoms with Gasteiger partial charge in [0.25, 0.3) is 0 Å². The number of hydrogen-bond donors (Lipinski definition) is 0. The van der Waals surface area contributed by atoms with Crippen LogP contribution in [-0.2, 0) is 20.5 Å². The van der Waals surface area contributed by atoms with Gasteiger partial charge in [-0.3, -0.25) is 0 Å². The molecule has 0 aliphatic carbocycles. The molecule has 1 aromatic carbocycles. The topological polar surface area (TPSA) is 38.7 Å². The summed E-state index contributed by atoms with van der Waals surface area (Å²) in [5.74, 6) is 0.423. The Kier molecular flexibility index (Phi) is 6.29. The van der Waals surface area contributed by atoms with Gasteiger partial charge in [0.05, 0.1) is 12.5 Å². The minimum absolute atomic E-state index is 0.205. The minimum Gasteiger partial charge on any atom is -0.318 e. The lowest BCUT2D eigenvalue weighted by atomic mass is 10.1. The Morgan fingerprint density at radius 2 is 1.94 bits per heavy atom. The van der Waals surface area contributed by atoms with Crippen molar-refractivity contribution < 1.29 is 9.63 Å². The minimum atomic E-state index is -0.389. The standard InChI is InChI=1S/C13H18NO2S2/c1-10(15)16-14-13(9-18(3)4)11-5-7-12(17-2)8-6-11/h5-8H,9H2,1-4H3/q+1. The molecule has 0 unspecified atom stereocenters. The molecule has 0 spiro atoms. The second-order valence-corrected chi connectivity index (χ2v) is 7.12. The highest BCUT2D eigenvalue weighted by Gasteiger charge is 2.13. The first-order chi connectivity index (χ1) is 8.52. The highest BCUT2D eigenvalue weighted by Crippen LogP contribution is 2.16. The van der Waals surface area contributed by atoms with E-state index in [0.29, 0.717) is 0 Å². The molecular weight excluding hydrogens is 266 g/mol. The molecule has 0 saturated heterocycles. The number of carbonyl (C=O) groups is 1. The Balaban J connectivity index is 2.93. The van der Waals surface area contributed by atoms with Crippen LogP contribution in [0.15, 0.2) is 34.3 Å². The average Bonchev–Trinajstić information content (AvgIpc) is 2.34. The van der Waals surface area contributed by atoms with Crippen molar-refractivity contribution in [3.05, 3.63) is 29.8 Å². The highest BCUT2D eigenvalue weighted by molar-refractivity contribution is 7.98. The molecule has 0 aliphatic rings. The van der Waals surface area contributed by atoms with Crippen LogP contribution in [0.2, 0.25) is 0 Å². The van der Waals surface area contributed by atoms with Crippen molar-refractivity contribution in [3.63, 3.8) is 0 Å². The van der Waals surface area contributed by atoms with Gasteiger partial charge in [-0.05, 0) is 29.3 Å². The molecule has 0 bridgehead atoms. The molecule has 3 nitrogen and oxygen atoms in total. The molecule has 0 N–H and O–H groups in total. The molecule has 5 heteroatoms. The van der Waals surface area contributed by atoms with E-state index >= 15 is 0 Å². The Morgan fingerprint density at radius 3 is 2.39 bits per heavy atom. The average molecular weight is 284 g/mol. The largest absolute Gasteiger partial charge is 0.331 e. The highest BCUT2D eigenvalue weighted by atomic mass is 32.2. The monoisotopic (exact) mass is 284 g/mol. The molecule has 1 aromatic rings. The Bertz CT molecular complexity index is 427. The van der Waals surface area contributed by atoms with Crippen molar-refractivity contribution in [3.8, 4) is 0 Å². The van der Waals surface area contributed by atoms with Gasteiger partial charge in [0.15, 0.2) is 5.75 Å². The number of hydrogen-bond acceptors (Lipinski definition) is 4. The van der Waals surface area contributed by atoms with E-state index in [9.17, 15) is 4.79 Å². The fraction of sp³-hybridized carbons (Fsp3) is 0.385. The van der Waals surface area contributed by atoms with Gasteiger partial charge in [0.1, 0.15) is 5.71 Å². The molecule has 0 amide bonds. The molecule has 98 valence electrons. The predicted molar refractivity (Wildman–Crippen MR) is 80.6 cm³/mol. The van der Waals surface area contributed by atoms with E-state index in [4.69, 9.17) is 4.84 Å². The van der Waals surface area contributed by atoms with Crippen molar-refractivity contribution in [2.75, 3.05) is 24.5 Å². The lowest BCUT2D eigenvalue weighted by Crippen LogP contribution is -2.16. The third-order valence-electron chi connectivity index (χ3n) is 2.13.